The van der Waals surface area contributed by atoms with Crippen molar-refractivity contribution >= 4 is 15.9 Å². The second kappa shape index (κ2) is 4.03. The zero-order valence-corrected chi connectivity index (χ0v) is 10.3. The Bertz CT molecular complexity index is 346. The highest BCUT2D eigenvalue weighted by Crippen LogP contribution is 2.36. The van der Waals surface area contributed by atoms with Crippen molar-refractivity contribution in [1.29, 1.82) is 0 Å². The third-order valence-corrected chi connectivity index (χ3v) is 3.59. The molecule has 0 saturated carbocycles. The van der Waals surface area contributed by atoms with Crippen molar-refractivity contribution in [1.82, 2.24) is 5.32 Å². The average Bonchev–Trinajstić information content (AvgIpc) is 2.49. The molecule has 0 heterocycles. The summed E-state index contributed by atoms with van der Waals surface area (Å²) in [5, 5.41) is 3.53. The summed E-state index contributed by atoms with van der Waals surface area (Å²) >= 11 is 3.65. The van der Waals surface area contributed by atoms with Gasteiger partial charge in [0, 0.05) is 10.5 Å². The van der Waals surface area contributed by atoms with Gasteiger partial charge >= 0.3 is 0 Å². The number of fused-ring (bicyclic) bond motifs is 1. The SMILES string of the molecule is CCNC1CCc2c(Br)cc(C)cc21. The minimum Gasteiger partial charge on any atom is -0.310 e. The zero-order valence-electron chi connectivity index (χ0n) is 8.73. The summed E-state index contributed by atoms with van der Waals surface area (Å²) in [6, 6.07) is 5.11. The quantitative estimate of drug-likeness (QED) is 0.853. The molecule has 1 aromatic rings. The molecule has 14 heavy (non-hydrogen) atoms. The third kappa shape index (κ3) is 1.73. The van der Waals surface area contributed by atoms with Gasteiger partial charge in [-0.05, 0) is 49.1 Å². The summed E-state index contributed by atoms with van der Waals surface area (Å²) in [4.78, 5) is 0. The molecule has 76 valence electrons. The molecule has 0 aliphatic heterocycles. The van der Waals surface area contributed by atoms with Gasteiger partial charge < -0.3 is 5.32 Å². The summed E-state index contributed by atoms with van der Waals surface area (Å²) in [6.45, 7) is 5.38. The van der Waals surface area contributed by atoms with Crippen LogP contribution in [0.25, 0.3) is 0 Å². The molecule has 1 aliphatic rings. The maximum absolute atomic E-state index is 3.65. The Kier molecular flexibility index (Phi) is 2.93. The van der Waals surface area contributed by atoms with Crippen LogP contribution in [0.3, 0.4) is 0 Å². The number of nitrogens with one attached hydrogen (secondary N) is 1. The van der Waals surface area contributed by atoms with Crippen molar-refractivity contribution in [3.8, 4) is 0 Å². The molecule has 0 amide bonds. The molecule has 1 N–H and O–H groups in total. The topological polar surface area (TPSA) is 12.0 Å². The van der Waals surface area contributed by atoms with Crippen molar-refractivity contribution in [3.63, 3.8) is 0 Å². The van der Waals surface area contributed by atoms with Gasteiger partial charge in [0.05, 0.1) is 0 Å². The Morgan fingerprint density at radius 2 is 2.29 bits per heavy atom. The smallest absolute Gasteiger partial charge is 0.0326 e. The molecule has 1 atom stereocenters. The fraction of sp³-hybridized carbons (Fsp3) is 0.500. The molecule has 1 nitrogen and oxygen atoms in total. The Labute approximate surface area is 94.0 Å². The van der Waals surface area contributed by atoms with Gasteiger partial charge in [-0.3, -0.25) is 0 Å². The van der Waals surface area contributed by atoms with E-state index in [-0.39, 0.29) is 0 Å². The molecular weight excluding hydrogens is 238 g/mol. The van der Waals surface area contributed by atoms with E-state index in [4.69, 9.17) is 0 Å². The van der Waals surface area contributed by atoms with Crippen LogP contribution in [0.4, 0.5) is 0 Å². The van der Waals surface area contributed by atoms with E-state index in [2.05, 4.69) is 47.2 Å². The van der Waals surface area contributed by atoms with Crippen LogP contribution < -0.4 is 5.32 Å². The van der Waals surface area contributed by atoms with Gasteiger partial charge in [-0.1, -0.05) is 28.9 Å². The van der Waals surface area contributed by atoms with Crippen molar-refractivity contribution < 1.29 is 0 Å². The molecular formula is C12H16BrN. The molecule has 0 saturated heterocycles. The van der Waals surface area contributed by atoms with Crippen LogP contribution in [0.2, 0.25) is 0 Å². The van der Waals surface area contributed by atoms with Gasteiger partial charge in [0.2, 0.25) is 0 Å². The number of halogens is 1. The van der Waals surface area contributed by atoms with E-state index in [1.165, 1.54) is 34.0 Å². The molecule has 0 bridgehead atoms. The number of benzene rings is 1. The second-order valence-corrected chi connectivity index (χ2v) is 4.82. The summed E-state index contributed by atoms with van der Waals surface area (Å²) in [5.41, 5.74) is 4.35. The maximum atomic E-state index is 3.65. The lowest BCUT2D eigenvalue weighted by Gasteiger charge is -2.13. The predicted octanol–water partition coefficient (Wildman–Crippen LogP) is 3.35. The van der Waals surface area contributed by atoms with Crippen LogP contribution in [0.15, 0.2) is 16.6 Å². The Morgan fingerprint density at radius 1 is 1.50 bits per heavy atom. The Balaban J connectivity index is 2.38. The van der Waals surface area contributed by atoms with Crippen molar-refractivity contribution in [3.05, 3.63) is 33.3 Å². The standard InChI is InChI=1S/C12H16BrN/c1-3-14-12-5-4-9-10(12)6-8(2)7-11(9)13/h6-7,12,14H,3-5H2,1-2H3. The Hall–Kier alpha value is -0.340. The maximum Gasteiger partial charge on any atom is 0.0326 e. The van der Waals surface area contributed by atoms with Gasteiger partial charge in [-0.15, -0.1) is 0 Å². The highest BCUT2D eigenvalue weighted by atomic mass is 79.9. The summed E-state index contributed by atoms with van der Waals surface area (Å²) in [6.07, 6.45) is 2.44. The first kappa shape index (κ1) is 10.2. The summed E-state index contributed by atoms with van der Waals surface area (Å²) in [7, 11) is 0. The minimum atomic E-state index is 0.575. The van der Waals surface area contributed by atoms with E-state index in [1.807, 2.05) is 0 Å². The van der Waals surface area contributed by atoms with Crippen molar-refractivity contribution in [2.45, 2.75) is 32.7 Å². The third-order valence-electron chi connectivity index (χ3n) is 2.88. The number of hydrogen-bond acceptors (Lipinski definition) is 1. The lowest BCUT2D eigenvalue weighted by Crippen LogP contribution is -2.18. The molecule has 0 spiro atoms. The van der Waals surface area contributed by atoms with Crippen LogP contribution in [0.5, 0.6) is 0 Å². The fourth-order valence-electron chi connectivity index (χ4n) is 2.28. The summed E-state index contributed by atoms with van der Waals surface area (Å²) in [5.74, 6) is 0. The van der Waals surface area contributed by atoms with Crippen LogP contribution in [0.1, 0.15) is 36.1 Å². The van der Waals surface area contributed by atoms with E-state index in [0.717, 1.165) is 6.54 Å². The van der Waals surface area contributed by atoms with Crippen molar-refractivity contribution in [2.75, 3.05) is 6.54 Å². The van der Waals surface area contributed by atoms with Gasteiger partial charge in [0.1, 0.15) is 0 Å². The van der Waals surface area contributed by atoms with Gasteiger partial charge in [-0.2, -0.15) is 0 Å². The second-order valence-electron chi connectivity index (χ2n) is 3.96. The van der Waals surface area contributed by atoms with E-state index in [1.54, 1.807) is 0 Å². The normalized spacial score (nSPS) is 19.8. The monoisotopic (exact) mass is 253 g/mol. The number of rotatable bonds is 2. The van der Waals surface area contributed by atoms with E-state index in [0.29, 0.717) is 6.04 Å². The highest BCUT2D eigenvalue weighted by molar-refractivity contribution is 9.10. The summed E-state index contributed by atoms with van der Waals surface area (Å²) < 4.78 is 1.29. The van der Waals surface area contributed by atoms with Crippen LogP contribution in [-0.4, -0.2) is 6.54 Å². The molecule has 0 aromatic heterocycles. The van der Waals surface area contributed by atoms with Crippen LogP contribution in [0, 0.1) is 6.92 Å². The minimum absolute atomic E-state index is 0.575. The zero-order chi connectivity index (χ0) is 10.1. The molecule has 2 rings (SSSR count). The first-order chi connectivity index (χ1) is 6.72. The van der Waals surface area contributed by atoms with Crippen molar-refractivity contribution in [2.24, 2.45) is 0 Å². The molecule has 1 aliphatic carbocycles. The lowest BCUT2D eigenvalue weighted by molar-refractivity contribution is 0.549. The van der Waals surface area contributed by atoms with Gasteiger partial charge in [-0.25, -0.2) is 0 Å². The van der Waals surface area contributed by atoms with E-state index in [9.17, 15) is 0 Å². The highest BCUT2D eigenvalue weighted by Gasteiger charge is 2.23. The Morgan fingerprint density at radius 3 is 3.00 bits per heavy atom. The molecule has 2 heteroatoms. The molecule has 1 unspecified atom stereocenters. The molecule has 1 aromatic carbocycles. The number of hydrogen-bond donors (Lipinski definition) is 1. The van der Waals surface area contributed by atoms with Crippen LogP contribution >= 0.6 is 15.9 Å². The first-order valence-electron chi connectivity index (χ1n) is 5.24. The predicted molar refractivity (Wildman–Crippen MR) is 63.6 cm³/mol. The number of aryl methyl sites for hydroxylation is 1. The van der Waals surface area contributed by atoms with E-state index >= 15 is 0 Å². The fourth-order valence-corrected chi connectivity index (χ4v) is 3.06. The van der Waals surface area contributed by atoms with Crippen LogP contribution in [-0.2, 0) is 6.42 Å². The largest absolute Gasteiger partial charge is 0.310 e. The van der Waals surface area contributed by atoms with Gasteiger partial charge in [0.15, 0.2) is 0 Å². The molecule has 0 fully saturated rings. The van der Waals surface area contributed by atoms with E-state index < -0.39 is 0 Å². The molecule has 0 radical (unpaired) electrons. The lowest BCUT2D eigenvalue weighted by atomic mass is 10.1. The van der Waals surface area contributed by atoms with Gasteiger partial charge in [0.25, 0.3) is 0 Å². The first-order valence-corrected chi connectivity index (χ1v) is 6.04. The average molecular weight is 254 g/mol.